The first-order valence-corrected chi connectivity index (χ1v) is 11.1. The number of aromatic nitrogens is 2. The van der Waals surface area contributed by atoms with E-state index in [9.17, 15) is 34.2 Å². The van der Waals surface area contributed by atoms with Gasteiger partial charge in [0.15, 0.2) is 0 Å². The molecule has 0 spiro atoms. The maximum atomic E-state index is 12.9. The average Bonchev–Trinajstić information content (AvgIpc) is 3.26. The Morgan fingerprint density at radius 1 is 1.03 bits per heavy atom. The molecule has 196 valence electrons. The van der Waals surface area contributed by atoms with Gasteiger partial charge in [0.1, 0.15) is 18.1 Å². The number of aromatic amines is 1. The molecule has 5 unspecified atom stereocenters. The summed E-state index contributed by atoms with van der Waals surface area (Å²) in [6.07, 6.45) is 1.35. The maximum Gasteiger partial charge on any atom is 0.326 e. The topological polar surface area (TPSA) is 243 Å². The van der Waals surface area contributed by atoms with Gasteiger partial charge in [-0.25, -0.2) is 9.78 Å². The highest BCUT2D eigenvalue weighted by Gasteiger charge is 2.33. The molecule has 0 saturated heterocycles. The van der Waals surface area contributed by atoms with E-state index in [1.165, 1.54) is 19.4 Å². The zero-order valence-electron chi connectivity index (χ0n) is 20.0. The van der Waals surface area contributed by atoms with E-state index in [0.717, 1.165) is 0 Å². The van der Waals surface area contributed by atoms with E-state index in [-0.39, 0.29) is 31.6 Å². The molecule has 1 aromatic heterocycles. The number of nitrogens with two attached hydrogens (primary N) is 2. The summed E-state index contributed by atoms with van der Waals surface area (Å²) in [6.45, 7) is 4.88. The molecule has 4 amide bonds. The fraction of sp³-hybridized carbons (Fsp3) is 0.619. The van der Waals surface area contributed by atoms with Gasteiger partial charge in [-0.1, -0.05) is 13.8 Å². The number of primary amides is 1. The van der Waals surface area contributed by atoms with Crippen molar-refractivity contribution in [2.45, 2.75) is 76.7 Å². The van der Waals surface area contributed by atoms with Crippen LogP contribution in [-0.2, 0) is 30.4 Å². The minimum absolute atomic E-state index is 0.0111. The first-order valence-electron chi connectivity index (χ1n) is 11.1. The van der Waals surface area contributed by atoms with Crippen LogP contribution in [0, 0.1) is 5.92 Å². The zero-order chi connectivity index (χ0) is 26.7. The van der Waals surface area contributed by atoms with Gasteiger partial charge < -0.3 is 42.6 Å². The van der Waals surface area contributed by atoms with Gasteiger partial charge in [-0.15, -0.1) is 0 Å². The average molecular weight is 498 g/mol. The standard InChI is InChI=1S/C21H35N7O7/c1-10(2)6-14(26-18(31)13(22)4-5-16(23)30)19(32)28-17(11(3)29)20(33)27-15(21(34)35)7-12-8-24-9-25-12/h8-11,13-15,17,29H,4-7,22H2,1-3H3,(H2,23,30)(H,24,25)(H,26,31)(H,27,33)(H,28,32)(H,34,35). The Kier molecular flexibility index (Phi) is 11.8. The summed E-state index contributed by atoms with van der Waals surface area (Å²) >= 11 is 0. The van der Waals surface area contributed by atoms with Crippen LogP contribution in [0.2, 0.25) is 0 Å². The van der Waals surface area contributed by atoms with Gasteiger partial charge in [0.2, 0.25) is 23.6 Å². The molecule has 0 saturated carbocycles. The molecule has 14 heteroatoms. The smallest absolute Gasteiger partial charge is 0.326 e. The number of amides is 4. The summed E-state index contributed by atoms with van der Waals surface area (Å²) in [7, 11) is 0. The summed E-state index contributed by atoms with van der Waals surface area (Å²) in [4.78, 5) is 67.2. The van der Waals surface area contributed by atoms with Crippen molar-refractivity contribution in [1.82, 2.24) is 25.9 Å². The number of hydrogen-bond donors (Lipinski definition) is 8. The van der Waals surface area contributed by atoms with Crippen LogP contribution < -0.4 is 27.4 Å². The number of carboxylic acid groups (broad SMARTS) is 1. The van der Waals surface area contributed by atoms with Crippen molar-refractivity contribution in [2.24, 2.45) is 17.4 Å². The second-order valence-corrected chi connectivity index (χ2v) is 8.71. The third-order valence-electron chi connectivity index (χ3n) is 5.03. The molecule has 1 heterocycles. The Bertz CT molecular complexity index is 873. The van der Waals surface area contributed by atoms with Gasteiger partial charge in [0, 0.05) is 24.7 Å². The first-order chi connectivity index (χ1) is 16.3. The van der Waals surface area contributed by atoms with E-state index >= 15 is 0 Å². The van der Waals surface area contributed by atoms with Crippen molar-refractivity contribution in [3.05, 3.63) is 18.2 Å². The number of aliphatic hydroxyl groups is 1. The summed E-state index contributed by atoms with van der Waals surface area (Å²) in [5.41, 5.74) is 11.3. The minimum Gasteiger partial charge on any atom is -0.480 e. The Balaban J connectivity index is 2.91. The van der Waals surface area contributed by atoms with Crippen LogP contribution >= 0.6 is 0 Å². The van der Waals surface area contributed by atoms with Crippen molar-refractivity contribution in [3.8, 4) is 0 Å². The lowest BCUT2D eigenvalue weighted by atomic mass is 10.0. The number of nitrogens with zero attached hydrogens (tertiary/aromatic N) is 1. The molecule has 0 aliphatic rings. The number of carboxylic acids is 1. The van der Waals surface area contributed by atoms with Gasteiger partial charge in [-0.3, -0.25) is 19.2 Å². The number of carbonyl (C=O) groups is 5. The molecule has 0 aromatic carbocycles. The normalized spacial score (nSPS) is 15.4. The van der Waals surface area contributed by atoms with Crippen LogP contribution in [0.3, 0.4) is 0 Å². The number of rotatable bonds is 15. The highest BCUT2D eigenvalue weighted by molar-refractivity contribution is 5.94. The van der Waals surface area contributed by atoms with Crippen molar-refractivity contribution < 1.29 is 34.2 Å². The molecule has 35 heavy (non-hydrogen) atoms. The number of hydrogen-bond acceptors (Lipinski definition) is 8. The van der Waals surface area contributed by atoms with Crippen LogP contribution in [0.5, 0.6) is 0 Å². The van der Waals surface area contributed by atoms with Gasteiger partial charge in [0.25, 0.3) is 0 Å². The molecular formula is C21H35N7O7. The Hall–Kier alpha value is -3.52. The minimum atomic E-state index is -1.50. The van der Waals surface area contributed by atoms with Gasteiger partial charge in [0.05, 0.1) is 18.5 Å². The number of H-pyrrole nitrogens is 1. The summed E-state index contributed by atoms with van der Waals surface area (Å²) in [5.74, 6) is -4.36. The van der Waals surface area contributed by atoms with Crippen molar-refractivity contribution in [2.75, 3.05) is 0 Å². The molecule has 1 rings (SSSR count). The molecule has 0 aliphatic carbocycles. The van der Waals surface area contributed by atoms with Crippen molar-refractivity contribution in [3.63, 3.8) is 0 Å². The van der Waals surface area contributed by atoms with Crippen LogP contribution in [-0.4, -0.2) is 80.1 Å². The Morgan fingerprint density at radius 2 is 1.66 bits per heavy atom. The molecule has 1 aromatic rings. The predicted octanol–water partition coefficient (Wildman–Crippen LogP) is -2.49. The molecule has 0 aliphatic heterocycles. The van der Waals surface area contributed by atoms with E-state index in [1.54, 1.807) is 0 Å². The van der Waals surface area contributed by atoms with E-state index < -0.39 is 59.9 Å². The fourth-order valence-corrected chi connectivity index (χ4v) is 3.15. The summed E-state index contributed by atoms with van der Waals surface area (Å²) in [6, 6.07) is -5.03. The fourth-order valence-electron chi connectivity index (χ4n) is 3.15. The van der Waals surface area contributed by atoms with Crippen LogP contribution in [0.1, 0.15) is 45.7 Å². The SMILES string of the molecule is CC(C)CC(NC(=O)C(N)CCC(N)=O)C(=O)NC(C(=O)NC(Cc1cnc[nH]1)C(=O)O)C(C)O. The largest absolute Gasteiger partial charge is 0.480 e. The van der Waals surface area contributed by atoms with Crippen LogP contribution in [0.4, 0.5) is 0 Å². The molecule has 0 radical (unpaired) electrons. The number of aliphatic carboxylic acids is 1. The monoisotopic (exact) mass is 497 g/mol. The number of aliphatic hydroxyl groups excluding tert-OH is 1. The van der Waals surface area contributed by atoms with E-state index in [1.807, 2.05) is 13.8 Å². The van der Waals surface area contributed by atoms with E-state index in [4.69, 9.17) is 11.5 Å². The second-order valence-electron chi connectivity index (χ2n) is 8.71. The Morgan fingerprint density at radius 3 is 2.14 bits per heavy atom. The van der Waals surface area contributed by atoms with Crippen LogP contribution in [0.15, 0.2) is 12.5 Å². The molecule has 14 nitrogen and oxygen atoms in total. The van der Waals surface area contributed by atoms with Gasteiger partial charge in [-0.05, 0) is 25.7 Å². The zero-order valence-corrected chi connectivity index (χ0v) is 20.0. The lowest BCUT2D eigenvalue weighted by Gasteiger charge is -2.27. The van der Waals surface area contributed by atoms with E-state index in [0.29, 0.717) is 5.69 Å². The maximum absolute atomic E-state index is 12.9. The summed E-state index contributed by atoms with van der Waals surface area (Å²) < 4.78 is 0. The summed E-state index contributed by atoms with van der Waals surface area (Å²) in [5, 5.41) is 26.7. The molecule has 0 bridgehead atoms. The van der Waals surface area contributed by atoms with Gasteiger partial charge >= 0.3 is 5.97 Å². The number of carbonyl (C=O) groups excluding carboxylic acids is 4. The third-order valence-corrected chi connectivity index (χ3v) is 5.03. The predicted molar refractivity (Wildman–Crippen MR) is 123 cm³/mol. The van der Waals surface area contributed by atoms with Gasteiger partial charge in [-0.2, -0.15) is 0 Å². The van der Waals surface area contributed by atoms with Crippen molar-refractivity contribution in [1.29, 1.82) is 0 Å². The van der Waals surface area contributed by atoms with Crippen LogP contribution in [0.25, 0.3) is 0 Å². The highest BCUT2D eigenvalue weighted by atomic mass is 16.4. The van der Waals surface area contributed by atoms with Crippen molar-refractivity contribution >= 4 is 29.6 Å². The lowest BCUT2D eigenvalue weighted by molar-refractivity contribution is -0.143. The lowest BCUT2D eigenvalue weighted by Crippen LogP contribution is -2.60. The molecule has 5 atom stereocenters. The highest BCUT2D eigenvalue weighted by Crippen LogP contribution is 2.08. The molecule has 0 fully saturated rings. The first kappa shape index (κ1) is 29.5. The molecular weight excluding hydrogens is 462 g/mol. The second kappa shape index (κ2) is 14.0. The van der Waals surface area contributed by atoms with E-state index in [2.05, 4.69) is 25.9 Å². The quantitative estimate of drug-likeness (QED) is 0.128. The number of nitrogens with one attached hydrogen (secondary N) is 4. The third kappa shape index (κ3) is 10.5. The molecule has 10 N–H and O–H groups in total. The Labute approximate surface area is 202 Å². The number of imidazole rings is 1.